The van der Waals surface area contributed by atoms with Crippen LogP contribution in [0.1, 0.15) is 26.7 Å². The molecule has 2 aliphatic heterocycles. The number of aromatic nitrogens is 2. The monoisotopic (exact) mass is 493 g/mol. The van der Waals surface area contributed by atoms with E-state index in [0.717, 1.165) is 79.7 Å². The summed E-state index contributed by atoms with van der Waals surface area (Å²) in [5, 5.41) is 0.761. The van der Waals surface area contributed by atoms with Crippen LogP contribution in [0, 0.1) is 5.92 Å². The van der Waals surface area contributed by atoms with Crippen molar-refractivity contribution >= 4 is 40.0 Å². The number of piperidine rings is 1. The summed E-state index contributed by atoms with van der Waals surface area (Å²) in [6.45, 7) is 8.58. The Bertz CT molecular complexity index is 1190. The maximum absolute atomic E-state index is 13.3. The van der Waals surface area contributed by atoms with Crippen LogP contribution in [0.2, 0.25) is 5.02 Å². The molecule has 8 heteroatoms. The van der Waals surface area contributed by atoms with Gasteiger partial charge in [0.15, 0.2) is 5.82 Å². The summed E-state index contributed by atoms with van der Waals surface area (Å²) >= 11 is 6.37. The van der Waals surface area contributed by atoms with Crippen molar-refractivity contribution in [3.8, 4) is 5.88 Å². The molecule has 3 aromatic rings. The molecule has 2 fully saturated rings. The number of fused-ring (bicyclic) bond motifs is 1. The Hall–Kier alpha value is -3.06. The average molecular weight is 494 g/mol. The molecule has 1 aromatic heterocycles. The molecule has 0 bridgehead atoms. The highest BCUT2D eigenvalue weighted by Gasteiger charge is 2.32. The molecule has 0 radical (unpaired) electrons. The first kappa shape index (κ1) is 23.7. The van der Waals surface area contributed by atoms with Crippen LogP contribution in [0.15, 0.2) is 48.5 Å². The lowest BCUT2D eigenvalue weighted by Crippen LogP contribution is -2.51. The minimum atomic E-state index is 0.00719. The third kappa shape index (κ3) is 5.15. The molecule has 0 N–H and O–H groups in total. The van der Waals surface area contributed by atoms with Crippen LogP contribution in [-0.2, 0) is 4.79 Å². The van der Waals surface area contributed by atoms with E-state index in [0.29, 0.717) is 5.88 Å². The summed E-state index contributed by atoms with van der Waals surface area (Å²) in [7, 11) is 0. The summed E-state index contributed by atoms with van der Waals surface area (Å²) in [4.78, 5) is 29.4. The molecule has 7 nitrogen and oxygen atoms in total. The second-order valence-electron chi connectivity index (χ2n) is 9.53. The Morgan fingerprint density at radius 3 is 2.17 bits per heavy atom. The molecule has 2 aromatic carbocycles. The van der Waals surface area contributed by atoms with Gasteiger partial charge in [-0.3, -0.25) is 4.79 Å². The van der Waals surface area contributed by atoms with Crippen LogP contribution in [0.4, 0.5) is 11.5 Å². The van der Waals surface area contributed by atoms with Crippen LogP contribution < -0.4 is 14.5 Å². The van der Waals surface area contributed by atoms with Crippen LogP contribution in [0.5, 0.6) is 5.88 Å². The van der Waals surface area contributed by atoms with E-state index < -0.39 is 0 Å². The van der Waals surface area contributed by atoms with Gasteiger partial charge in [-0.05, 0) is 51.0 Å². The first-order valence-corrected chi connectivity index (χ1v) is 12.8. The number of amides is 1. The van der Waals surface area contributed by atoms with E-state index >= 15 is 0 Å². The molecule has 0 unspecified atom stereocenters. The number of halogens is 1. The first-order chi connectivity index (χ1) is 17.0. The molecular formula is C27H32ClN5O2. The van der Waals surface area contributed by atoms with Gasteiger partial charge >= 0.3 is 0 Å². The smallest absolute Gasteiger partial charge is 0.258 e. The topological polar surface area (TPSA) is 61.8 Å². The number of nitrogens with zero attached hydrogens (tertiary/aromatic N) is 5. The Balaban J connectivity index is 1.22. The highest BCUT2D eigenvalue weighted by molar-refractivity contribution is 6.33. The normalized spacial score (nSPS) is 17.3. The number of rotatable bonds is 5. The fourth-order valence-electron chi connectivity index (χ4n) is 4.96. The van der Waals surface area contributed by atoms with Gasteiger partial charge in [-0.15, -0.1) is 0 Å². The van der Waals surface area contributed by atoms with E-state index in [9.17, 15) is 4.79 Å². The van der Waals surface area contributed by atoms with Crippen molar-refractivity contribution in [2.24, 2.45) is 5.92 Å². The molecule has 3 heterocycles. The number of benzene rings is 2. The van der Waals surface area contributed by atoms with Crippen LogP contribution >= 0.6 is 11.6 Å². The molecule has 0 saturated carbocycles. The van der Waals surface area contributed by atoms with Gasteiger partial charge in [0, 0.05) is 45.2 Å². The Morgan fingerprint density at radius 1 is 0.886 bits per heavy atom. The summed E-state index contributed by atoms with van der Waals surface area (Å²) < 4.78 is 6.03. The Kier molecular flexibility index (Phi) is 6.95. The fraction of sp³-hybridized carbons (Fsp3) is 0.444. The molecule has 0 atom stereocenters. The number of carbonyl (C=O) groups is 1. The van der Waals surface area contributed by atoms with Gasteiger partial charge in [0.25, 0.3) is 5.88 Å². The molecule has 2 aliphatic rings. The zero-order valence-corrected chi connectivity index (χ0v) is 21.1. The molecule has 0 aliphatic carbocycles. The summed E-state index contributed by atoms with van der Waals surface area (Å²) in [6.07, 6.45) is 1.62. The second-order valence-corrected chi connectivity index (χ2v) is 9.94. The third-order valence-corrected chi connectivity index (χ3v) is 7.12. The highest BCUT2D eigenvalue weighted by atomic mass is 35.5. The van der Waals surface area contributed by atoms with Crippen molar-refractivity contribution in [3.05, 3.63) is 53.6 Å². The zero-order chi connectivity index (χ0) is 24.4. The van der Waals surface area contributed by atoms with E-state index in [1.54, 1.807) is 0 Å². The average Bonchev–Trinajstić information content (AvgIpc) is 2.88. The van der Waals surface area contributed by atoms with Crippen molar-refractivity contribution in [3.63, 3.8) is 0 Å². The van der Waals surface area contributed by atoms with Crippen LogP contribution in [0.3, 0.4) is 0 Å². The lowest BCUT2D eigenvalue weighted by atomic mass is 9.95. The summed E-state index contributed by atoms with van der Waals surface area (Å²) in [5.74, 6) is 1.66. The Labute approximate surface area is 211 Å². The van der Waals surface area contributed by atoms with Crippen molar-refractivity contribution in [1.82, 2.24) is 14.9 Å². The van der Waals surface area contributed by atoms with E-state index in [-0.39, 0.29) is 17.9 Å². The van der Waals surface area contributed by atoms with E-state index in [1.807, 2.05) is 67.3 Å². The van der Waals surface area contributed by atoms with Gasteiger partial charge in [0.1, 0.15) is 0 Å². The number of hydrogen-bond donors (Lipinski definition) is 0. The van der Waals surface area contributed by atoms with Crippen molar-refractivity contribution in [2.45, 2.75) is 32.8 Å². The van der Waals surface area contributed by atoms with Crippen molar-refractivity contribution in [2.75, 3.05) is 49.1 Å². The standard InChI is InChI=1S/C27H32ClN5O2/c1-19(2)35-26-25(29-22-8-4-5-9-23(22)30-26)32-13-11-20(12-14-32)27(34)33-17-15-31(16-18-33)24-10-6-3-7-21(24)28/h3-10,19-20H,11-18H2,1-2H3. The molecular weight excluding hydrogens is 462 g/mol. The van der Waals surface area contributed by atoms with Crippen molar-refractivity contribution in [1.29, 1.82) is 0 Å². The lowest BCUT2D eigenvalue weighted by Gasteiger charge is -2.39. The molecule has 184 valence electrons. The van der Waals surface area contributed by atoms with Gasteiger partial charge in [0.05, 0.1) is 27.8 Å². The van der Waals surface area contributed by atoms with Gasteiger partial charge in [-0.2, -0.15) is 0 Å². The zero-order valence-electron chi connectivity index (χ0n) is 20.4. The van der Waals surface area contributed by atoms with E-state index in [1.165, 1.54) is 0 Å². The number of anilines is 2. The molecule has 2 saturated heterocycles. The number of carbonyl (C=O) groups excluding carboxylic acids is 1. The number of ether oxygens (including phenoxy) is 1. The van der Waals surface area contributed by atoms with Crippen LogP contribution in [0.25, 0.3) is 11.0 Å². The fourth-order valence-corrected chi connectivity index (χ4v) is 5.21. The molecule has 1 amide bonds. The van der Waals surface area contributed by atoms with Gasteiger partial charge in [-0.25, -0.2) is 9.97 Å². The third-order valence-electron chi connectivity index (χ3n) is 6.80. The van der Waals surface area contributed by atoms with Crippen molar-refractivity contribution < 1.29 is 9.53 Å². The SMILES string of the molecule is CC(C)Oc1nc2ccccc2nc1N1CCC(C(=O)N2CCN(c3ccccc3Cl)CC2)CC1. The lowest BCUT2D eigenvalue weighted by molar-refractivity contribution is -0.136. The van der Waals surface area contributed by atoms with Gasteiger partial charge < -0.3 is 19.4 Å². The van der Waals surface area contributed by atoms with Crippen LogP contribution in [-0.4, -0.2) is 66.1 Å². The molecule has 0 spiro atoms. The van der Waals surface area contributed by atoms with E-state index in [4.69, 9.17) is 26.3 Å². The number of piperazine rings is 1. The largest absolute Gasteiger partial charge is 0.472 e. The maximum atomic E-state index is 13.3. The maximum Gasteiger partial charge on any atom is 0.258 e. The molecule has 35 heavy (non-hydrogen) atoms. The molecule has 5 rings (SSSR count). The summed E-state index contributed by atoms with van der Waals surface area (Å²) in [6, 6.07) is 15.8. The highest BCUT2D eigenvalue weighted by Crippen LogP contribution is 2.32. The predicted octanol–water partition coefficient (Wildman–Crippen LogP) is 4.64. The first-order valence-electron chi connectivity index (χ1n) is 12.5. The number of hydrogen-bond acceptors (Lipinski definition) is 6. The summed E-state index contributed by atoms with van der Waals surface area (Å²) in [5.41, 5.74) is 2.73. The van der Waals surface area contributed by atoms with E-state index in [2.05, 4.69) is 9.80 Å². The minimum absolute atomic E-state index is 0.00719. The second kappa shape index (κ2) is 10.3. The van der Waals surface area contributed by atoms with Gasteiger partial charge in [0.2, 0.25) is 5.91 Å². The predicted molar refractivity (Wildman–Crippen MR) is 140 cm³/mol. The minimum Gasteiger partial charge on any atom is -0.472 e. The quantitative estimate of drug-likeness (QED) is 0.516. The Morgan fingerprint density at radius 2 is 1.51 bits per heavy atom. The van der Waals surface area contributed by atoms with Gasteiger partial charge in [-0.1, -0.05) is 35.9 Å². The number of para-hydroxylation sites is 3.